The van der Waals surface area contributed by atoms with Crippen LogP contribution in [0.1, 0.15) is 0 Å². The van der Waals surface area contributed by atoms with E-state index < -0.39 is 11.6 Å². The van der Waals surface area contributed by atoms with Gasteiger partial charge in [-0.05, 0) is 34.1 Å². The molecule has 0 atom stereocenters. The van der Waals surface area contributed by atoms with Crippen LogP contribution in [0.5, 0.6) is 0 Å². The van der Waals surface area contributed by atoms with E-state index in [9.17, 15) is 8.78 Å². The molecule has 0 fully saturated rings. The number of nitrogen functional groups attached to an aromatic ring is 1. The van der Waals surface area contributed by atoms with E-state index in [4.69, 9.17) is 5.73 Å². The van der Waals surface area contributed by atoms with Gasteiger partial charge in [0.05, 0.1) is 33.2 Å². The number of anilines is 3. The van der Waals surface area contributed by atoms with Crippen molar-refractivity contribution in [2.75, 3.05) is 11.1 Å². The van der Waals surface area contributed by atoms with Crippen LogP contribution in [0.3, 0.4) is 0 Å². The van der Waals surface area contributed by atoms with Crippen molar-refractivity contribution in [3.63, 3.8) is 0 Å². The summed E-state index contributed by atoms with van der Waals surface area (Å²) < 4.78 is 27.3. The van der Waals surface area contributed by atoms with Crippen LogP contribution < -0.4 is 11.1 Å². The molecule has 0 unspecified atom stereocenters. The monoisotopic (exact) mass is 338 g/mol. The van der Waals surface area contributed by atoms with Crippen molar-refractivity contribution in [3.05, 3.63) is 46.6 Å². The van der Waals surface area contributed by atoms with Crippen molar-refractivity contribution in [1.29, 1.82) is 0 Å². The highest BCUT2D eigenvalue weighted by molar-refractivity contribution is 9.10. The van der Waals surface area contributed by atoms with Gasteiger partial charge in [0.1, 0.15) is 11.6 Å². The Hall–Kier alpha value is -2.15. The Labute approximate surface area is 121 Å². The van der Waals surface area contributed by atoms with E-state index in [0.717, 1.165) is 23.0 Å². The molecule has 3 aromatic rings. The lowest BCUT2D eigenvalue weighted by Gasteiger charge is -2.11. The Morgan fingerprint density at radius 1 is 1.10 bits per heavy atom. The fourth-order valence-electron chi connectivity index (χ4n) is 1.88. The van der Waals surface area contributed by atoms with E-state index in [1.54, 1.807) is 18.3 Å². The third kappa shape index (κ3) is 2.20. The molecule has 4 N–H and O–H groups in total. The van der Waals surface area contributed by atoms with Gasteiger partial charge in [0.15, 0.2) is 0 Å². The third-order valence-electron chi connectivity index (χ3n) is 2.89. The maximum Gasteiger partial charge on any atom is 0.147 e. The molecule has 1 aromatic heterocycles. The van der Waals surface area contributed by atoms with Crippen molar-refractivity contribution in [2.24, 2.45) is 0 Å². The predicted octanol–water partition coefficient (Wildman–Crippen LogP) is 3.93. The molecule has 0 aliphatic carbocycles. The van der Waals surface area contributed by atoms with Crippen molar-refractivity contribution < 1.29 is 8.78 Å². The molecule has 3 rings (SSSR count). The number of hydrogen-bond acceptors (Lipinski definition) is 3. The van der Waals surface area contributed by atoms with Crippen LogP contribution in [0.2, 0.25) is 0 Å². The van der Waals surface area contributed by atoms with Crippen molar-refractivity contribution in [1.82, 2.24) is 10.2 Å². The predicted molar refractivity (Wildman–Crippen MR) is 77.8 cm³/mol. The molecule has 0 bridgehead atoms. The summed E-state index contributed by atoms with van der Waals surface area (Å²) in [6.07, 6.45) is 1.63. The molecule has 0 aliphatic heterocycles. The molecule has 0 radical (unpaired) electrons. The molecule has 0 saturated heterocycles. The zero-order valence-corrected chi connectivity index (χ0v) is 11.6. The molecule has 0 aliphatic rings. The highest BCUT2D eigenvalue weighted by Gasteiger charge is 2.10. The average molecular weight is 339 g/mol. The zero-order valence-electron chi connectivity index (χ0n) is 10.0. The first-order chi connectivity index (χ1) is 9.54. The van der Waals surface area contributed by atoms with Crippen molar-refractivity contribution in [2.45, 2.75) is 0 Å². The smallest absolute Gasteiger partial charge is 0.147 e. The number of H-pyrrole nitrogens is 1. The Bertz CT molecular complexity index is 800. The molecule has 4 nitrogen and oxygen atoms in total. The third-order valence-corrected chi connectivity index (χ3v) is 3.50. The Kier molecular flexibility index (Phi) is 3.06. The second kappa shape index (κ2) is 4.75. The quantitative estimate of drug-likeness (QED) is 0.490. The van der Waals surface area contributed by atoms with Crippen LogP contribution in [-0.4, -0.2) is 10.2 Å². The van der Waals surface area contributed by atoms with Gasteiger partial charge in [0, 0.05) is 11.5 Å². The van der Waals surface area contributed by atoms with Gasteiger partial charge in [-0.25, -0.2) is 8.78 Å². The maximum absolute atomic E-state index is 13.8. The molecule has 102 valence electrons. The lowest BCUT2D eigenvalue weighted by molar-refractivity contribution is 0.598. The average Bonchev–Trinajstić information content (AvgIpc) is 2.83. The first-order valence-electron chi connectivity index (χ1n) is 5.69. The number of rotatable bonds is 2. The largest absolute Gasteiger partial charge is 0.397 e. The van der Waals surface area contributed by atoms with E-state index in [0.29, 0.717) is 11.4 Å². The first kappa shape index (κ1) is 12.9. The minimum absolute atomic E-state index is 0.0104. The van der Waals surface area contributed by atoms with Gasteiger partial charge in [-0.2, -0.15) is 5.10 Å². The molecule has 0 amide bonds. The molecular formula is C13H9BrF2N4. The van der Waals surface area contributed by atoms with Crippen molar-refractivity contribution in [3.8, 4) is 0 Å². The van der Waals surface area contributed by atoms with Crippen molar-refractivity contribution >= 4 is 43.9 Å². The van der Waals surface area contributed by atoms with Crippen LogP contribution in [0.4, 0.5) is 25.8 Å². The second-order valence-corrected chi connectivity index (χ2v) is 5.12. The van der Waals surface area contributed by atoms with Gasteiger partial charge < -0.3 is 11.1 Å². The Morgan fingerprint density at radius 3 is 2.70 bits per heavy atom. The molecule has 0 spiro atoms. The number of aromatic nitrogens is 2. The van der Waals surface area contributed by atoms with Gasteiger partial charge in [-0.1, -0.05) is 0 Å². The summed E-state index contributed by atoms with van der Waals surface area (Å²) in [5.41, 5.74) is 7.53. The van der Waals surface area contributed by atoms with E-state index in [-0.39, 0.29) is 10.2 Å². The first-order valence-corrected chi connectivity index (χ1v) is 6.48. The van der Waals surface area contributed by atoms with E-state index in [1.165, 1.54) is 0 Å². The summed E-state index contributed by atoms with van der Waals surface area (Å²) in [4.78, 5) is 0. The van der Waals surface area contributed by atoms with Crippen LogP contribution in [0.15, 0.2) is 34.9 Å². The van der Waals surface area contributed by atoms with E-state index in [1.807, 2.05) is 0 Å². The van der Waals surface area contributed by atoms with Crippen LogP contribution in [-0.2, 0) is 0 Å². The normalized spacial score (nSPS) is 10.9. The van der Waals surface area contributed by atoms with Gasteiger partial charge >= 0.3 is 0 Å². The van der Waals surface area contributed by atoms with Gasteiger partial charge in [0.25, 0.3) is 0 Å². The molecule has 20 heavy (non-hydrogen) atoms. The zero-order chi connectivity index (χ0) is 14.3. The fourth-order valence-corrected chi connectivity index (χ4v) is 2.20. The molecule has 1 heterocycles. The van der Waals surface area contributed by atoms with Gasteiger partial charge in [-0.15, -0.1) is 0 Å². The van der Waals surface area contributed by atoms with Gasteiger partial charge in [0.2, 0.25) is 0 Å². The number of benzene rings is 2. The molecule has 2 aromatic carbocycles. The summed E-state index contributed by atoms with van der Waals surface area (Å²) in [6.45, 7) is 0. The highest BCUT2D eigenvalue weighted by Crippen LogP contribution is 2.30. The fraction of sp³-hybridized carbons (Fsp3) is 0. The Balaban J connectivity index is 2.04. The number of halogens is 3. The number of nitrogens with one attached hydrogen (secondary N) is 2. The van der Waals surface area contributed by atoms with E-state index >= 15 is 0 Å². The standard InChI is InChI=1S/C13H9BrF2N4/c14-7-2-9(16)12(3-8(7)15)19-13-4-11-6(1-10(13)17)5-18-20-11/h1-5,19H,17H2,(H,18,20). The number of hydrogen-bond donors (Lipinski definition) is 3. The minimum Gasteiger partial charge on any atom is -0.397 e. The Morgan fingerprint density at radius 2 is 1.90 bits per heavy atom. The topological polar surface area (TPSA) is 66.7 Å². The van der Waals surface area contributed by atoms with Crippen LogP contribution >= 0.6 is 15.9 Å². The highest BCUT2D eigenvalue weighted by atomic mass is 79.9. The summed E-state index contributed by atoms with van der Waals surface area (Å²) in [5.74, 6) is -1.14. The lowest BCUT2D eigenvalue weighted by Crippen LogP contribution is -1.99. The summed E-state index contributed by atoms with van der Waals surface area (Å²) in [5, 5.41) is 10.3. The van der Waals surface area contributed by atoms with Gasteiger partial charge in [-0.3, -0.25) is 5.10 Å². The van der Waals surface area contributed by atoms with Crippen LogP contribution in [0, 0.1) is 11.6 Å². The SMILES string of the molecule is Nc1cc2cn[nH]c2cc1Nc1cc(F)c(Br)cc1F. The summed E-state index contributed by atoms with van der Waals surface area (Å²) in [7, 11) is 0. The molecule has 7 heteroatoms. The lowest BCUT2D eigenvalue weighted by atomic mass is 10.2. The molecular weight excluding hydrogens is 330 g/mol. The number of fused-ring (bicyclic) bond motifs is 1. The minimum atomic E-state index is -0.581. The number of aromatic amines is 1. The second-order valence-electron chi connectivity index (χ2n) is 4.27. The van der Waals surface area contributed by atoms with E-state index in [2.05, 4.69) is 31.4 Å². The number of nitrogens with zero attached hydrogens (tertiary/aromatic N) is 1. The number of nitrogens with two attached hydrogens (primary N) is 1. The maximum atomic E-state index is 13.8. The summed E-state index contributed by atoms with van der Waals surface area (Å²) in [6, 6.07) is 5.52. The molecule has 0 saturated carbocycles. The van der Waals surface area contributed by atoms with Crippen LogP contribution in [0.25, 0.3) is 10.9 Å². The summed E-state index contributed by atoms with van der Waals surface area (Å²) >= 11 is 2.93.